The molecule has 0 saturated carbocycles. The van der Waals surface area contributed by atoms with Crippen LogP contribution in [0.25, 0.3) is 0 Å². The Morgan fingerprint density at radius 2 is 2.18 bits per heavy atom. The van der Waals surface area contributed by atoms with Gasteiger partial charge in [-0.3, -0.25) is 4.79 Å². The molecule has 0 aliphatic rings. The van der Waals surface area contributed by atoms with Crippen LogP contribution in [0.2, 0.25) is 0 Å². The maximum atomic E-state index is 11.9. The van der Waals surface area contributed by atoms with Crippen LogP contribution in [0.15, 0.2) is 17.1 Å². The van der Waals surface area contributed by atoms with E-state index in [9.17, 15) is 13.6 Å². The Morgan fingerprint density at radius 1 is 1.55 bits per heavy atom. The van der Waals surface area contributed by atoms with Gasteiger partial charge in [0.05, 0.1) is 5.69 Å². The molecule has 0 amide bonds. The molecule has 0 radical (unpaired) electrons. The van der Waals surface area contributed by atoms with Crippen LogP contribution in [0.4, 0.5) is 8.78 Å². The molecule has 0 aromatic carbocycles. The quantitative estimate of drug-likeness (QED) is 0.663. The van der Waals surface area contributed by atoms with Gasteiger partial charge in [0.15, 0.2) is 5.43 Å². The van der Waals surface area contributed by atoms with Crippen LogP contribution in [-0.2, 0) is 0 Å². The summed E-state index contributed by atoms with van der Waals surface area (Å²) in [4.78, 5) is 13.1. The monoisotopic (exact) mass is 159 g/mol. The minimum Gasteiger partial charge on any atom is -0.360 e. The van der Waals surface area contributed by atoms with E-state index in [1.165, 1.54) is 6.20 Å². The van der Waals surface area contributed by atoms with Crippen LogP contribution in [0.1, 0.15) is 17.7 Å². The molecule has 1 N–H and O–H groups in total. The van der Waals surface area contributed by atoms with Crippen LogP contribution in [0.3, 0.4) is 0 Å². The van der Waals surface area contributed by atoms with Crippen LogP contribution in [0.5, 0.6) is 0 Å². The van der Waals surface area contributed by atoms with E-state index in [1.54, 1.807) is 6.92 Å². The Bertz CT molecular complexity index is 306. The van der Waals surface area contributed by atoms with Gasteiger partial charge >= 0.3 is 0 Å². The average Bonchev–Trinajstić information content (AvgIpc) is 1.94. The Hall–Kier alpha value is -1.19. The number of aromatic nitrogens is 1. The van der Waals surface area contributed by atoms with Crippen LogP contribution >= 0.6 is 0 Å². The number of rotatable bonds is 1. The molecule has 0 saturated heterocycles. The molecule has 1 rings (SSSR count). The third-order valence-corrected chi connectivity index (χ3v) is 1.37. The number of hydrogen-bond acceptors (Lipinski definition) is 1. The fourth-order valence-electron chi connectivity index (χ4n) is 0.685. The van der Waals surface area contributed by atoms with Gasteiger partial charge in [0.1, 0.15) is 0 Å². The Kier molecular flexibility index (Phi) is 2.03. The lowest BCUT2D eigenvalue weighted by molar-refractivity contribution is 0.146. The van der Waals surface area contributed by atoms with Gasteiger partial charge in [0.25, 0.3) is 6.43 Å². The molecular formula is C7H7F2NO. The summed E-state index contributed by atoms with van der Waals surface area (Å²) in [5.41, 5.74) is -0.256. The number of halogens is 2. The highest BCUT2D eigenvalue weighted by Crippen LogP contribution is 2.13. The lowest BCUT2D eigenvalue weighted by Crippen LogP contribution is -2.06. The van der Waals surface area contributed by atoms with Gasteiger partial charge in [0.2, 0.25) is 0 Å². The van der Waals surface area contributed by atoms with E-state index in [0.717, 1.165) is 6.07 Å². The highest BCUT2D eigenvalue weighted by molar-refractivity contribution is 5.13. The highest BCUT2D eigenvalue weighted by atomic mass is 19.3. The molecular weight excluding hydrogens is 152 g/mol. The molecule has 4 heteroatoms. The van der Waals surface area contributed by atoms with E-state index >= 15 is 0 Å². The minimum absolute atomic E-state index is 0.333. The first-order valence-electron chi connectivity index (χ1n) is 3.08. The largest absolute Gasteiger partial charge is 0.360 e. The minimum atomic E-state index is -2.61. The molecule has 60 valence electrons. The summed E-state index contributed by atoms with van der Waals surface area (Å²) in [5.74, 6) is 0. The van der Waals surface area contributed by atoms with Crippen molar-refractivity contribution in [2.45, 2.75) is 13.3 Å². The number of H-pyrrole nitrogens is 1. The summed E-state index contributed by atoms with van der Waals surface area (Å²) in [7, 11) is 0. The highest BCUT2D eigenvalue weighted by Gasteiger charge is 2.07. The van der Waals surface area contributed by atoms with Gasteiger partial charge in [-0.1, -0.05) is 0 Å². The number of aryl methyl sites for hydroxylation is 1. The summed E-state index contributed by atoms with van der Waals surface area (Å²) in [6.07, 6.45) is -1.33. The molecule has 0 spiro atoms. The standard InChI is InChI=1S/C7H7F2NO/c1-4-3-10-5(7(8)9)2-6(4)11/h2-3,7H,1H3,(H,10,11). The topological polar surface area (TPSA) is 32.9 Å². The van der Waals surface area contributed by atoms with E-state index in [-0.39, 0.29) is 11.1 Å². The summed E-state index contributed by atoms with van der Waals surface area (Å²) >= 11 is 0. The number of alkyl halides is 2. The Balaban J connectivity index is 3.16. The van der Waals surface area contributed by atoms with Crippen LogP contribution in [0, 0.1) is 6.92 Å². The maximum Gasteiger partial charge on any atom is 0.278 e. The number of pyridine rings is 1. The van der Waals surface area contributed by atoms with Crippen LogP contribution in [-0.4, -0.2) is 4.98 Å². The zero-order valence-corrected chi connectivity index (χ0v) is 5.90. The van der Waals surface area contributed by atoms with Crippen molar-refractivity contribution in [1.29, 1.82) is 0 Å². The number of aromatic amines is 1. The van der Waals surface area contributed by atoms with Crippen molar-refractivity contribution in [1.82, 2.24) is 4.98 Å². The van der Waals surface area contributed by atoms with Crippen molar-refractivity contribution < 1.29 is 8.78 Å². The van der Waals surface area contributed by atoms with Gasteiger partial charge in [0, 0.05) is 17.8 Å². The fraction of sp³-hybridized carbons (Fsp3) is 0.286. The lowest BCUT2D eigenvalue weighted by Gasteiger charge is -1.98. The van der Waals surface area contributed by atoms with E-state index in [0.29, 0.717) is 5.56 Å². The molecule has 0 aliphatic carbocycles. The molecule has 0 fully saturated rings. The number of hydrogen-bond donors (Lipinski definition) is 1. The Labute approximate surface area is 61.9 Å². The summed E-state index contributed by atoms with van der Waals surface area (Å²) in [5, 5.41) is 0. The SMILES string of the molecule is Cc1c[nH]c(C(F)F)cc1=O. The summed E-state index contributed by atoms with van der Waals surface area (Å²) < 4.78 is 23.8. The average molecular weight is 159 g/mol. The molecule has 0 atom stereocenters. The van der Waals surface area contributed by atoms with Gasteiger partial charge < -0.3 is 4.98 Å². The first-order valence-corrected chi connectivity index (χ1v) is 3.08. The van der Waals surface area contributed by atoms with Crippen molar-refractivity contribution in [2.75, 3.05) is 0 Å². The number of nitrogens with one attached hydrogen (secondary N) is 1. The van der Waals surface area contributed by atoms with E-state index in [2.05, 4.69) is 4.98 Å². The Morgan fingerprint density at radius 3 is 2.64 bits per heavy atom. The molecule has 1 aromatic heterocycles. The second-order valence-electron chi connectivity index (χ2n) is 2.24. The van der Waals surface area contributed by atoms with Crippen molar-refractivity contribution in [3.63, 3.8) is 0 Å². The zero-order chi connectivity index (χ0) is 8.43. The van der Waals surface area contributed by atoms with E-state index in [4.69, 9.17) is 0 Å². The van der Waals surface area contributed by atoms with Gasteiger partial charge in [-0.25, -0.2) is 8.78 Å². The van der Waals surface area contributed by atoms with Crippen molar-refractivity contribution in [3.05, 3.63) is 33.7 Å². The predicted molar refractivity (Wildman–Crippen MR) is 36.8 cm³/mol. The summed E-state index contributed by atoms with van der Waals surface area (Å²) in [6.45, 7) is 1.56. The van der Waals surface area contributed by atoms with E-state index < -0.39 is 6.43 Å². The lowest BCUT2D eigenvalue weighted by atomic mass is 10.3. The fourth-order valence-corrected chi connectivity index (χ4v) is 0.685. The molecule has 0 unspecified atom stereocenters. The van der Waals surface area contributed by atoms with E-state index in [1.807, 2.05) is 0 Å². The normalized spacial score (nSPS) is 10.5. The van der Waals surface area contributed by atoms with Crippen molar-refractivity contribution in [2.24, 2.45) is 0 Å². The van der Waals surface area contributed by atoms with Crippen LogP contribution < -0.4 is 5.43 Å². The smallest absolute Gasteiger partial charge is 0.278 e. The second-order valence-corrected chi connectivity index (χ2v) is 2.24. The molecule has 1 aromatic rings. The first-order chi connectivity index (χ1) is 5.11. The molecule has 2 nitrogen and oxygen atoms in total. The van der Waals surface area contributed by atoms with Gasteiger partial charge in [-0.2, -0.15) is 0 Å². The van der Waals surface area contributed by atoms with Gasteiger partial charge in [-0.05, 0) is 6.92 Å². The molecule has 11 heavy (non-hydrogen) atoms. The van der Waals surface area contributed by atoms with Crippen molar-refractivity contribution >= 4 is 0 Å². The third kappa shape index (κ3) is 1.63. The predicted octanol–water partition coefficient (Wildman–Crippen LogP) is 1.62. The summed E-state index contributed by atoms with van der Waals surface area (Å²) in [6, 6.07) is 0.917. The third-order valence-electron chi connectivity index (χ3n) is 1.37. The first kappa shape index (κ1) is 7.91. The molecule has 0 aliphatic heterocycles. The molecule has 0 bridgehead atoms. The zero-order valence-electron chi connectivity index (χ0n) is 5.90. The van der Waals surface area contributed by atoms with Gasteiger partial charge in [-0.15, -0.1) is 0 Å². The molecule has 1 heterocycles. The second kappa shape index (κ2) is 2.82. The maximum absolute atomic E-state index is 11.9. The van der Waals surface area contributed by atoms with Crippen molar-refractivity contribution in [3.8, 4) is 0 Å².